The number of nitrogens with zero attached hydrogens (tertiary/aromatic N) is 2. The number of rotatable bonds is 6. The number of nitrogens with one attached hydrogen (secondary N) is 2. The van der Waals surface area contributed by atoms with E-state index in [1.54, 1.807) is 12.4 Å². The topological polar surface area (TPSA) is 49.8 Å². The third-order valence-electron chi connectivity index (χ3n) is 2.95. The van der Waals surface area contributed by atoms with E-state index in [0.29, 0.717) is 5.92 Å². The number of aromatic nitrogens is 2. The summed E-state index contributed by atoms with van der Waals surface area (Å²) in [6, 6.07) is 10.5. The predicted octanol–water partition coefficient (Wildman–Crippen LogP) is 3.12. The minimum Gasteiger partial charge on any atom is -0.369 e. The van der Waals surface area contributed by atoms with Gasteiger partial charge in [0, 0.05) is 13.1 Å². The van der Waals surface area contributed by atoms with E-state index in [9.17, 15) is 0 Å². The maximum Gasteiger partial charge on any atom is 0.146 e. The molecule has 100 valence electrons. The number of benzene rings is 1. The molecule has 0 fully saturated rings. The molecule has 19 heavy (non-hydrogen) atoms. The molecule has 1 unspecified atom stereocenters. The molecular formula is C15H20N4. The molecule has 2 aromatic rings. The van der Waals surface area contributed by atoms with Gasteiger partial charge in [-0.15, -0.1) is 0 Å². The van der Waals surface area contributed by atoms with Crippen LogP contribution in [-0.2, 0) is 0 Å². The molecule has 1 aromatic carbocycles. The van der Waals surface area contributed by atoms with Gasteiger partial charge >= 0.3 is 0 Å². The smallest absolute Gasteiger partial charge is 0.146 e. The van der Waals surface area contributed by atoms with E-state index in [4.69, 9.17) is 0 Å². The minimum atomic E-state index is 0.436. The first kappa shape index (κ1) is 13.3. The van der Waals surface area contributed by atoms with Crippen LogP contribution in [0.15, 0.2) is 42.7 Å². The van der Waals surface area contributed by atoms with Gasteiger partial charge in [0.15, 0.2) is 0 Å². The summed E-state index contributed by atoms with van der Waals surface area (Å²) in [7, 11) is 0. The van der Waals surface area contributed by atoms with Crippen molar-refractivity contribution in [2.45, 2.75) is 19.8 Å². The van der Waals surface area contributed by atoms with E-state index >= 15 is 0 Å². The van der Waals surface area contributed by atoms with E-state index < -0.39 is 0 Å². The zero-order valence-corrected chi connectivity index (χ0v) is 11.4. The molecule has 1 atom stereocenters. The van der Waals surface area contributed by atoms with Crippen LogP contribution in [0.3, 0.4) is 0 Å². The van der Waals surface area contributed by atoms with Crippen molar-refractivity contribution in [2.24, 2.45) is 0 Å². The fourth-order valence-corrected chi connectivity index (χ4v) is 1.87. The Kier molecular flexibility index (Phi) is 4.72. The lowest BCUT2D eigenvalue weighted by atomic mass is 10.0. The first-order chi connectivity index (χ1) is 9.29. The number of hydrogen-bond donors (Lipinski definition) is 2. The molecule has 4 nitrogen and oxygen atoms in total. The van der Waals surface area contributed by atoms with Gasteiger partial charge in [0.25, 0.3) is 0 Å². The van der Waals surface area contributed by atoms with Crippen LogP contribution in [0.1, 0.15) is 25.3 Å². The largest absolute Gasteiger partial charge is 0.369 e. The standard InChI is InChI=1S/C15H20N4/c1-3-17-14-10-16-11-15(19-14)18-9-12(2)13-7-5-4-6-8-13/h4-8,10-12H,3,9H2,1-2H3,(H2,17,18,19). The van der Waals surface area contributed by atoms with Crippen LogP contribution in [-0.4, -0.2) is 23.1 Å². The highest BCUT2D eigenvalue weighted by Gasteiger charge is 2.05. The van der Waals surface area contributed by atoms with Gasteiger partial charge in [-0.1, -0.05) is 37.3 Å². The summed E-state index contributed by atoms with van der Waals surface area (Å²) in [6.07, 6.45) is 3.48. The van der Waals surface area contributed by atoms with Crippen molar-refractivity contribution in [2.75, 3.05) is 23.7 Å². The Morgan fingerprint density at radius 1 is 1.05 bits per heavy atom. The lowest BCUT2D eigenvalue weighted by molar-refractivity contribution is 0.800. The van der Waals surface area contributed by atoms with Crippen LogP contribution >= 0.6 is 0 Å². The van der Waals surface area contributed by atoms with Crippen molar-refractivity contribution < 1.29 is 0 Å². The molecule has 1 heterocycles. The molecule has 0 aliphatic rings. The first-order valence-electron chi connectivity index (χ1n) is 6.64. The van der Waals surface area contributed by atoms with Gasteiger partial charge in [-0.05, 0) is 18.4 Å². The summed E-state index contributed by atoms with van der Waals surface area (Å²) in [5.74, 6) is 2.05. The zero-order chi connectivity index (χ0) is 13.5. The Balaban J connectivity index is 1.93. The Bertz CT molecular complexity index is 499. The molecule has 0 radical (unpaired) electrons. The number of anilines is 2. The highest BCUT2D eigenvalue weighted by atomic mass is 15.1. The quantitative estimate of drug-likeness (QED) is 0.833. The Morgan fingerprint density at radius 3 is 2.42 bits per heavy atom. The summed E-state index contributed by atoms with van der Waals surface area (Å²) in [6.45, 7) is 5.93. The molecule has 0 spiro atoms. The van der Waals surface area contributed by atoms with Crippen LogP contribution in [0.25, 0.3) is 0 Å². The molecule has 2 rings (SSSR count). The highest BCUT2D eigenvalue weighted by molar-refractivity contribution is 5.41. The van der Waals surface area contributed by atoms with Gasteiger partial charge in [0.05, 0.1) is 12.4 Å². The molecule has 4 heteroatoms. The summed E-state index contributed by atoms with van der Waals surface area (Å²) < 4.78 is 0. The molecule has 0 aliphatic heterocycles. The second kappa shape index (κ2) is 6.73. The van der Waals surface area contributed by atoms with Crippen LogP contribution < -0.4 is 10.6 Å². The second-order valence-corrected chi connectivity index (χ2v) is 4.51. The summed E-state index contributed by atoms with van der Waals surface area (Å²) >= 11 is 0. The molecule has 2 N–H and O–H groups in total. The molecule has 0 saturated carbocycles. The van der Waals surface area contributed by atoms with Crippen molar-refractivity contribution in [3.05, 3.63) is 48.3 Å². The molecule has 0 saturated heterocycles. The molecule has 0 aliphatic carbocycles. The Morgan fingerprint density at radius 2 is 1.74 bits per heavy atom. The third kappa shape index (κ3) is 3.95. The van der Waals surface area contributed by atoms with Crippen molar-refractivity contribution in [1.82, 2.24) is 9.97 Å². The maximum absolute atomic E-state index is 4.44. The van der Waals surface area contributed by atoms with Gasteiger partial charge in [0.1, 0.15) is 11.6 Å². The Labute approximate surface area is 114 Å². The van der Waals surface area contributed by atoms with Gasteiger partial charge in [-0.2, -0.15) is 0 Å². The predicted molar refractivity (Wildman–Crippen MR) is 79.5 cm³/mol. The van der Waals surface area contributed by atoms with Crippen LogP contribution in [0, 0.1) is 0 Å². The lowest BCUT2D eigenvalue weighted by Crippen LogP contribution is -2.11. The molecule has 1 aromatic heterocycles. The van der Waals surface area contributed by atoms with Gasteiger partial charge in [0.2, 0.25) is 0 Å². The number of hydrogen-bond acceptors (Lipinski definition) is 4. The third-order valence-corrected chi connectivity index (χ3v) is 2.95. The zero-order valence-electron chi connectivity index (χ0n) is 11.4. The van der Waals surface area contributed by atoms with Crippen molar-refractivity contribution in [3.8, 4) is 0 Å². The average Bonchev–Trinajstić information content (AvgIpc) is 2.46. The van der Waals surface area contributed by atoms with Gasteiger partial charge < -0.3 is 10.6 Å². The maximum atomic E-state index is 4.44. The summed E-state index contributed by atoms with van der Waals surface area (Å²) in [5, 5.41) is 6.48. The fourth-order valence-electron chi connectivity index (χ4n) is 1.87. The fraction of sp³-hybridized carbons (Fsp3) is 0.333. The van der Waals surface area contributed by atoms with E-state index in [-0.39, 0.29) is 0 Å². The first-order valence-corrected chi connectivity index (χ1v) is 6.64. The van der Waals surface area contributed by atoms with E-state index in [2.05, 4.69) is 51.8 Å². The summed E-state index contributed by atoms with van der Waals surface area (Å²) in [4.78, 5) is 8.61. The highest BCUT2D eigenvalue weighted by Crippen LogP contribution is 2.15. The van der Waals surface area contributed by atoms with E-state index in [1.165, 1.54) is 5.56 Å². The van der Waals surface area contributed by atoms with Crippen LogP contribution in [0.2, 0.25) is 0 Å². The van der Waals surface area contributed by atoms with Gasteiger partial charge in [-0.25, -0.2) is 4.98 Å². The summed E-state index contributed by atoms with van der Waals surface area (Å²) in [5.41, 5.74) is 1.32. The molecule has 0 amide bonds. The van der Waals surface area contributed by atoms with E-state index in [0.717, 1.165) is 24.7 Å². The van der Waals surface area contributed by atoms with Crippen LogP contribution in [0.5, 0.6) is 0 Å². The SMILES string of the molecule is CCNc1cncc(NCC(C)c2ccccc2)n1. The molecule has 0 bridgehead atoms. The van der Waals surface area contributed by atoms with Crippen LogP contribution in [0.4, 0.5) is 11.6 Å². The normalized spacial score (nSPS) is 11.9. The van der Waals surface area contributed by atoms with E-state index in [1.807, 2.05) is 13.0 Å². The minimum absolute atomic E-state index is 0.436. The van der Waals surface area contributed by atoms with Crippen molar-refractivity contribution in [1.29, 1.82) is 0 Å². The average molecular weight is 256 g/mol. The second-order valence-electron chi connectivity index (χ2n) is 4.51. The van der Waals surface area contributed by atoms with Crippen molar-refractivity contribution in [3.63, 3.8) is 0 Å². The van der Waals surface area contributed by atoms with Crippen molar-refractivity contribution >= 4 is 11.6 Å². The Hall–Kier alpha value is -2.10. The monoisotopic (exact) mass is 256 g/mol. The molecular weight excluding hydrogens is 236 g/mol. The van der Waals surface area contributed by atoms with Gasteiger partial charge in [-0.3, -0.25) is 4.98 Å². The lowest BCUT2D eigenvalue weighted by Gasteiger charge is -2.13.